The van der Waals surface area contributed by atoms with Crippen molar-refractivity contribution in [3.8, 4) is 55.6 Å². The molecule has 11 rings (SSSR count). The molecule has 0 aliphatic carbocycles. The van der Waals surface area contributed by atoms with Gasteiger partial charge in [0.2, 0.25) is 0 Å². The quantitative estimate of drug-likeness (QED) is 0.149. The highest BCUT2D eigenvalue weighted by atomic mass is 15.1. The van der Waals surface area contributed by atoms with Crippen molar-refractivity contribution < 1.29 is 0 Å². The third-order valence-corrected chi connectivity index (χ3v) is 12.1. The Morgan fingerprint density at radius 1 is 0.213 bits per heavy atom. The predicted octanol–water partition coefficient (Wildman–Crippen LogP) is 17.0. The molecule has 0 bridgehead atoms. The van der Waals surface area contributed by atoms with Crippen LogP contribution in [0.2, 0.25) is 0 Å². The molecule has 61 heavy (non-hydrogen) atoms. The normalized spacial score (nSPS) is 11.3. The molecule has 0 saturated carbocycles. The van der Waals surface area contributed by atoms with E-state index in [-0.39, 0.29) is 0 Å². The fourth-order valence-corrected chi connectivity index (χ4v) is 8.96. The zero-order chi connectivity index (χ0) is 40.5. The van der Waals surface area contributed by atoms with Gasteiger partial charge in [-0.2, -0.15) is 0 Å². The largest absolute Gasteiger partial charge is 0.310 e. The van der Waals surface area contributed by atoms with Gasteiger partial charge in [0.15, 0.2) is 0 Å². The zero-order valence-corrected chi connectivity index (χ0v) is 33.6. The average Bonchev–Trinajstić information content (AvgIpc) is 3.34. The van der Waals surface area contributed by atoms with Gasteiger partial charge in [-0.15, -0.1) is 0 Å². The van der Waals surface area contributed by atoms with Crippen molar-refractivity contribution >= 4 is 49.4 Å². The van der Waals surface area contributed by atoms with Crippen LogP contribution < -0.4 is 4.90 Å². The molecule has 0 amide bonds. The monoisotopic (exact) mass is 775 g/mol. The molecule has 1 heteroatoms. The molecule has 0 aliphatic rings. The van der Waals surface area contributed by atoms with Crippen LogP contribution in [0.15, 0.2) is 249 Å². The summed E-state index contributed by atoms with van der Waals surface area (Å²) >= 11 is 0. The summed E-state index contributed by atoms with van der Waals surface area (Å²) in [7, 11) is 0. The zero-order valence-electron chi connectivity index (χ0n) is 33.6. The summed E-state index contributed by atoms with van der Waals surface area (Å²) in [6, 6.07) is 90.6. The minimum atomic E-state index is 1.08. The van der Waals surface area contributed by atoms with Crippen molar-refractivity contribution in [2.45, 2.75) is 0 Å². The Balaban J connectivity index is 1.08. The topological polar surface area (TPSA) is 3.24 Å². The summed E-state index contributed by atoms with van der Waals surface area (Å²) in [6.45, 7) is 0. The van der Waals surface area contributed by atoms with E-state index in [0.717, 1.165) is 17.1 Å². The summed E-state index contributed by atoms with van der Waals surface area (Å²) in [6.07, 6.45) is 0. The highest BCUT2D eigenvalue weighted by Gasteiger charge is 2.21. The number of benzene rings is 11. The van der Waals surface area contributed by atoms with Crippen LogP contribution in [0.1, 0.15) is 0 Å². The van der Waals surface area contributed by atoms with Crippen LogP contribution in [-0.2, 0) is 0 Å². The van der Waals surface area contributed by atoms with Gasteiger partial charge in [0.05, 0.1) is 5.69 Å². The van der Waals surface area contributed by atoms with Crippen LogP contribution in [0.5, 0.6) is 0 Å². The number of anilines is 3. The van der Waals surface area contributed by atoms with Crippen LogP contribution >= 0.6 is 0 Å². The van der Waals surface area contributed by atoms with Crippen LogP contribution in [-0.4, -0.2) is 0 Å². The van der Waals surface area contributed by atoms with Crippen LogP contribution in [0.3, 0.4) is 0 Å². The van der Waals surface area contributed by atoms with Gasteiger partial charge in [0.1, 0.15) is 0 Å². The van der Waals surface area contributed by atoms with Gasteiger partial charge in [-0.1, -0.05) is 206 Å². The van der Waals surface area contributed by atoms with E-state index in [2.05, 4.69) is 254 Å². The summed E-state index contributed by atoms with van der Waals surface area (Å²) in [4.78, 5) is 2.44. The van der Waals surface area contributed by atoms with E-state index in [4.69, 9.17) is 0 Å². The third kappa shape index (κ3) is 6.93. The number of nitrogens with zero attached hydrogens (tertiary/aromatic N) is 1. The number of rotatable bonds is 8. The maximum Gasteiger partial charge on any atom is 0.0546 e. The summed E-state index contributed by atoms with van der Waals surface area (Å²) in [5, 5.41) is 7.42. The summed E-state index contributed by atoms with van der Waals surface area (Å²) in [5.41, 5.74) is 15.2. The molecular formula is C60H41N. The Bertz CT molecular complexity index is 3330. The maximum atomic E-state index is 2.44. The minimum absolute atomic E-state index is 1.08. The SMILES string of the molecule is c1ccc(-c2ccc(N(c3ccc(-c4cccc(-c5ccc6ccccc6c5)c4)cc3)c3cc(-c4cccc5ccccc45)ccc3-c3cccc4ccccc34)cc2)cc1. The summed E-state index contributed by atoms with van der Waals surface area (Å²) in [5.74, 6) is 0. The van der Waals surface area contributed by atoms with Gasteiger partial charge < -0.3 is 4.90 Å². The molecule has 0 heterocycles. The van der Waals surface area contributed by atoms with E-state index in [0.29, 0.717) is 0 Å². The molecule has 0 N–H and O–H groups in total. The predicted molar refractivity (Wildman–Crippen MR) is 261 cm³/mol. The van der Waals surface area contributed by atoms with Crippen molar-refractivity contribution in [1.82, 2.24) is 0 Å². The Morgan fingerprint density at radius 2 is 0.656 bits per heavy atom. The van der Waals surface area contributed by atoms with Crippen LogP contribution in [0, 0.1) is 0 Å². The van der Waals surface area contributed by atoms with Crippen molar-refractivity contribution in [2.24, 2.45) is 0 Å². The first-order valence-electron chi connectivity index (χ1n) is 21.0. The first kappa shape index (κ1) is 36.1. The van der Waals surface area contributed by atoms with E-state index in [1.54, 1.807) is 0 Å². The molecule has 0 spiro atoms. The van der Waals surface area contributed by atoms with Crippen molar-refractivity contribution in [3.05, 3.63) is 249 Å². The van der Waals surface area contributed by atoms with Crippen LogP contribution in [0.25, 0.3) is 88.0 Å². The average molecular weight is 776 g/mol. The molecule has 0 aromatic heterocycles. The molecule has 11 aromatic carbocycles. The first-order valence-corrected chi connectivity index (χ1v) is 21.0. The van der Waals surface area contributed by atoms with Crippen molar-refractivity contribution in [3.63, 3.8) is 0 Å². The van der Waals surface area contributed by atoms with Crippen LogP contribution in [0.4, 0.5) is 17.1 Å². The smallest absolute Gasteiger partial charge is 0.0546 e. The lowest BCUT2D eigenvalue weighted by molar-refractivity contribution is 1.28. The molecule has 1 nitrogen and oxygen atoms in total. The fourth-order valence-electron chi connectivity index (χ4n) is 8.96. The summed E-state index contributed by atoms with van der Waals surface area (Å²) < 4.78 is 0. The second kappa shape index (κ2) is 15.6. The molecular weight excluding hydrogens is 735 g/mol. The van der Waals surface area contributed by atoms with Gasteiger partial charge in [-0.3, -0.25) is 0 Å². The lowest BCUT2D eigenvalue weighted by Crippen LogP contribution is -2.11. The Labute approximate surface area is 357 Å². The molecule has 0 fully saturated rings. The Morgan fingerprint density at radius 3 is 1.34 bits per heavy atom. The second-order valence-corrected chi connectivity index (χ2v) is 15.7. The Hall–Kier alpha value is -8.00. The van der Waals surface area contributed by atoms with Crippen molar-refractivity contribution in [2.75, 3.05) is 4.90 Å². The second-order valence-electron chi connectivity index (χ2n) is 15.7. The van der Waals surface area contributed by atoms with Gasteiger partial charge in [-0.25, -0.2) is 0 Å². The molecule has 11 aromatic rings. The standard InChI is InChI=1S/C60H41N/c1-2-13-42(14-3-1)44-29-34-53(35-30-44)61(54-36-31-45(32-37-54)49-21-10-22-50(39-49)51-28-27-43-15-4-5-18-48(43)40-51)60-41-52(57-25-11-19-46-16-6-8-23-55(46)57)33-38-59(60)58-26-12-20-47-17-7-9-24-56(47)58/h1-41H. The lowest BCUT2D eigenvalue weighted by Gasteiger charge is -2.29. The number of hydrogen-bond acceptors (Lipinski definition) is 1. The van der Waals surface area contributed by atoms with E-state index >= 15 is 0 Å². The number of hydrogen-bond donors (Lipinski definition) is 0. The highest BCUT2D eigenvalue weighted by molar-refractivity contribution is 6.04. The lowest BCUT2D eigenvalue weighted by atomic mass is 9.92. The van der Waals surface area contributed by atoms with E-state index in [1.165, 1.54) is 88.0 Å². The number of fused-ring (bicyclic) bond motifs is 3. The molecule has 0 atom stereocenters. The highest BCUT2D eigenvalue weighted by Crippen LogP contribution is 2.46. The van der Waals surface area contributed by atoms with Gasteiger partial charge in [0.25, 0.3) is 0 Å². The van der Waals surface area contributed by atoms with E-state index in [9.17, 15) is 0 Å². The molecule has 0 saturated heterocycles. The van der Waals surface area contributed by atoms with E-state index < -0.39 is 0 Å². The molecule has 0 radical (unpaired) electrons. The minimum Gasteiger partial charge on any atom is -0.310 e. The van der Waals surface area contributed by atoms with Gasteiger partial charge >= 0.3 is 0 Å². The van der Waals surface area contributed by atoms with Crippen molar-refractivity contribution in [1.29, 1.82) is 0 Å². The fraction of sp³-hybridized carbons (Fsp3) is 0. The molecule has 286 valence electrons. The first-order chi connectivity index (χ1) is 30.2. The van der Waals surface area contributed by atoms with Gasteiger partial charge in [0, 0.05) is 16.9 Å². The Kier molecular flexibility index (Phi) is 9.26. The maximum absolute atomic E-state index is 2.44. The third-order valence-electron chi connectivity index (χ3n) is 12.1. The van der Waals surface area contributed by atoms with E-state index in [1.807, 2.05) is 0 Å². The van der Waals surface area contributed by atoms with Gasteiger partial charge in [-0.05, 0) is 125 Å². The molecule has 0 unspecified atom stereocenters. The molecule has 0 aliphatic heterocycles.